The van der Waals surface area contributed by atoms with Crippen LogP contribution in [0, 0.1) is 0 Å². The van der Waals surface area contributed by atoms with Crippen molar-refractivity contribution in [2.75, 3.05) is 0 Å². The first-order chi connectivity index (χ1) is 6.74. The van der Waals surface area contributed by atoms with Crippen LogP contribution < -0.4 is 0 Å². The van der Waals surface area contributed by atoms with Gasteiger partial charge in [0.25, 0.3) is 0 Å². The molecule has 4 nitrogen and oxygen atoms in total. The number of aliphatic hydroxyl groups excluding tert-OH is 1. The van der Waals surface area contributed by atoms with Crippen LogP contribution in [0.2, 0.25) is 0 Å². The van der Waals surface area contributed by atoms with Gasteiger partial charge < -0.3 is 10.2 Å². The highest BCUT2D eigenvalue weighted by Gasteiger charge is 2.11. The fourth-order valence-electron chi connectivity index (χ4n) is 1.55. The van der Waals surface area contributed by atoms with Crippen LogP contribution in [0.4, 0.5) is 4.79 Å². The molecule has 0 aliphatic rings. The summed E-state index contributed by atoms with van der Waals surface area (Å²) in [7, 11) is 0. The van der Waals surface area contributed by atoms with Crippen molar-refractivity contribution >= 4 is 16.9 Å². The number of hydrogen-bond donors (Lipinski definition) is 2. The molecule has 2 N–H and O–H groups in total. The van der Waals surface area contributed by atoms with E-state index in [1.54, 1.807) is 6.07 Å². The van der Waals surface area contributed by atoms with E-state index in [1.165, 1.54) is 6.20 Å². The van der Waals surface area contributed by atoms with Gasteiger partial charge >= 0.3 is 6.09 Å². The molecule has 0 fully saturated rings. The number of carboxylic acid groups (broad SMARTS) is 1. The minimum absolute atomic E-state index is 0.278. The summed E-state index contributed by atoms with van der Waals surface area (Å²) in [5, 5.41) is 19.5. The van der Waals surface area contributed by atoms with E-state index in [-0.39, 0.29) is 6.61 Å². The molecule has 0 saturated carbocycles. The molecule has 0 amide bonds. The van der Waals surface area contributed by atoms with E-state index in [9.17, 15) is 4.79 Å². The summed E-state index contributed by atoms with van der Waals surface area (Å²) in [6, 6.07) is 7.25. The number of aromatic nitrogens is 1. The van der Waals surface area contributed by atoms with Crippen molar-refractivity contribution in [1.82, 2.24) is 4.57 Å². The molecule has 72 valence electrons. The molecule has 1 heterocycles. The summed E-state index contributed by atoms with van der Waals surface area (Å²) in [5.74, 6) is 0. The number of nitrogens with zero attached hydrogens (tertiary/aromatic N) is 1. The van der Waals surface area contributed by atoms with Crippen molar-refractivity contribution in [1.29, 1.82) is 0 Å². The van der Waals surface area contributed by atoms with Crippen LogP contribution in [0.15, 0.2) is 30.5 Å². The molecule has 1 aromatic heterocycles. The second kappa shape index (κ2) is 3.16. The Morgan fingerprint density at radius 1 is 1.36 bits per heavy atom. The molecule has 0 aliphatic carbocycles. The lowest BCUT2D eigenvalue weighted by atomic mass is 10.2. The zero-order chi connectivity index (χ0) is 10.1. The number of fused-ring (bicyclic) bond motifs is 1. The summed E-state index contributed by atoms with van der Waals surface area (Å²) in [5.41, 5.74) is 0.410. The lowest BCUT2D eigenvalue weighted by Gasteiger charge is -1.99. The first-order valence-electron chi connectivity index (χ1n) is 4.17. The first kappa shape index (κ1) is 8.77. The van der Waals surface area contributed by atoms with Crippen LogP contribution in [-0.4, -0.2) is 20.9 Å². The Labute approximate surface area is 80.0 Å². The SMILES string of the molecule is O=C(O)n1cc2ccccc2c1CO. The van der Waals surface area contributed by atoms with Gasteiger partial charge in [-0.25, -0.2) is 4.79 Å². The van der Waals surface area contributed by atoms with Gasteiger partial charge in [0, 0.05) is 17.0 Å². The van der Waals surface area contributed by atoms with E-state index in [4.69, 9.17) is 10.2 Å². The van der Waals surface area contributed by atoms with Gasteiger partial charge in [-0.05, 0) is 0 Å². The quantitative estimate of drug-likeness (QED) is 0.720. The lowest BCUT2D eigenvalue weighted by Crippen LogP contribution is -2.10. The minimum atomic E-state index is -1.08. The van der Waals surface area contributed by atoms with Crippen molar-refractivity contribution in [3.8, 4) is 0 Å². The third-order valence-corrected chi connectivity index (χ3v) is 2.19. The third-order valence-electron chi connectivity index (χ3n) is 2.19. The topological polar surface area (TPSA) is 62.5 Å². The van der Waals surface area contributed by atoms with Gasteiger partial charge in [0.15, 0.2) is 0 Å². The second-order valence-electron chi connectivity index (χ2n) is 2.97. The summed E-state index contributed by atoms with van der Waals surface area (Å²) in [4.78, 5) is 10.8. The van der Waals surface area contributed by atoms with Crippen LogP contribution in [0.25, 0.3) is 10.8 Å². The van der Waals surface area contributed by atoms with Crippen molar-refractivity contribution in [2.45, 2.75) is 6.61 Å². The molecule has 0 bridgehead atoms. The highest BCUT2D eigenvalue weighted by Crippen LogP contribution is 2.20. The van der Waals surface area contributed by atoms with E-state index in [1.807, 2.05) is 18.2 Å². The maximum absolute atomic E-state index is 10.8. The largest absolute Gasteiger partial charge is 0.464 e. The second-order valence-corrected chi connectivity index (χ2v) is 2.97. The summed E-state index contributed by atoms with van der Waals surface area (Å²) < 4.78 is 1.05. The molecular formula is C10H9NO3. The fraction of sp³-hybridized carbons (Fsp3) is 0.100. The van der Waals surface area contributed by atoms with Gasteiger partial charge in [-0.3, -0.25) is 4.57 Å². The number of rotatable bonds is 1. The molecule has 14 heavy (non-hydrogen) atoms. The fourth-order valence-corrected chi connectivity index (χ4v) is 1.55. The Bertz CT molecular complexity index is 487. The van der Waals surface area contributed by atoms with Crippen molar-refractivity contribution in [3.63, 3.8) is 0 Å². The van der Waals surface area contributed by atoms with Gasteiger partial charge in [0.05, 0.1) is 12.3 Å². The number of hydrogen-bond acceptors (Lipinski definition) is 2. The Morgan fingerprint density at radius 2 is 2.07 bits per heavy atom. The maximum Gasteiger partial charge on any atom is 0.415 e. The molecular weight excluding hydrogens is 182 g/mol. The molecule has 0 radical (unpaired) electrons. The Balaban J connectivity index is 2.78. The third kappa shape index (κ3) is 1.16. The normalized spacial score (nSPS) is 10.6. The minimum Gasteiger partial charge on any atom is -0.464 e. The highest BCUT2D eigenvalue weighted by molar-refractivity contribution is 5.89. The zero-order valence-corrected chi connectivity index (χ0v) is 7.34. The smallest absolute Gasteiger partial charge is 0.415 e. The molecule has 0 aliphatic heterocycles. The van der Waals surface area contributed by atoms with E-state index < -0.39 is 6.09 Å². The van der Waals surface area contributed by atoms with Crippen LogP contribution in [0.5, 0.6) is 0 Å². The van der Waals surface area contributed by atoms with E-state index in [0.717, 1.165) is 15.3 Å². The maximum atomic E-state index is 10.8. The van der Waals surface area contributed by atoms with Crippen molar-refractivity contribution < 1.29 is 15.0 Å². The molecule has 2 aromatic rings. The zero-order valence-electron chi connectivity index (χ0n) is 7.34. The lowest BCUT2D eigenvalue weighted by molar-refractivity contribution is 0.192. The van der Waals surface area contributed by atoms with Crippen LogP contribution in [-0.2, 0) is 6.61 Å². The number of carbonyl (C=O) groups is 1. The predicted octanol–water partition coefficient (Wildman–Crippen LogP) is 1.66. The molecule has 0 saturated heterocycles. The Hall–Kier alpha value is -1.81. The highest BCUT2D eigenvalue weighted by atomic mass is 16.4. The molecule has 0 unspecified atom stereocenters. The molecule has 0 spiro atoms. The molecule has 1 aromatic carbocycles. The number of aliphatic hydroxyl groups is 1. The van der Waals surface area contributed by atoms with Crippen molar-refractivity contribution in [3.05, 3.63) is 36.2 Å². The van der Waals surface area contributed by atoms with Gasteiger partial charge in [-0.1, -0.05) is 24.3 Å². The van der Waals surface area contributed by atoms with Crippen LogP contribution >= 0.6 is 0 Å². The average molecular weight is 191 g/mol. The average Bonchev–Trinajstić information content (AvgIpc) is 2.56. The van der Waals surface area contributed by atoms with Gasteiger partial charge in [0.1, 0.15) is 0 Å². The van der Waals surface area contributed by atoms with Gasteiger partial charge in [-0.15, -0.1) is 0 Å². The Morgan fingerprint density at radius 3 is 2.71 bits per heavy atom. The summed E-state index contributed by atoms with van der Waals surface area (Å²) >= 11 is 0. The standard InChI is InChI=1S/C10H9NO3/c12-6-9-8-4-2-1-3-7(8)5-11(9)10(13)14/h1-5,12H,6H2,(H,13,14). The van der Waals surface area contributed by atoms with Crippen LogP contribution in [0.1, 0.15) is 5.69 Å². The first-order valence-corrected chi connectivity index (χ1v) is 4.17. The van der Waals surface area contributed by atoms with Gasteiger partial charge in [-0.2, -0.15) is 0 Å². The molecule has 2 rings (SSSR count). The van der Waals surface area contributed by atoms with Crippen LogP contribution in [0.3, 0.4) is 0 Å². The number of benzene rings is 1. The summed E-state index contributed by atoms with van der Waals surface area (Å²) in [6.07, 6.45) is 0.425. The van der Waals surface area contributed by atoms with Gasteiger partial charge in [0.2, 0.25) is 0 Å². The van der Waals surface area contributed by atoms with E-state index in [2.05, 4.69) is 0 Å². The predicted molar refractivity (Wildman–Crippen MR) is 51.3 cm³/mol. The summed E-state index contributed by atoms with van der Waals surface area (Å²) in [6.45, 7) is -0.278. The van der Waals surface area contributed by atoms with Crippen molar-refractivity contribution in [2.24, 2.45) is 0 Å². The molecule has 4 heteroatoms. The monoisotopic (exact) mass is 191 g/mol. The van der Waals surface area contributed by atoms with E-state index >= 15 is 0 Å². The van der Waals surface area contributed by atoms with E-state index in [0.29, 0.717) is 5.69 Å². The Kier molecular flexibility index (Phi) is 1.98. The molecule has 0 atom stereocenters.